The third kappa shape index (κ3) is 3.19. The highest BCUT2D eigenvalue weighted by Gasteiger charge is 2.27. The normalized spacial score (nSPS) is 34.9. The van der Waals surface area contributed by atoms with Crippen LogP contribution in [0.25, 0.3) is 0 Å². The Bertz CT molecular complexity index is 238. The number of piperidine rings is 1. The third-order valence-corrected chi connectivity index (χ3v) is 3.39. The van der Waals surface area contributed by atoms with Crippen LogP contribution < -0.4 is 5.32 Å². The van der Waals surface area contributed by atoms with Gasteiger partial charge in [-0.1, -0.05) is 6.92 Å². The fraction of sp³-hybridized carbons (Fsp3) is 0.917. The average molecular weight is 227 g/mol. The molecule has 2 saturated heterocycles. The molecular weight excluding hydrogens is 206 g/mol. The first-order valence-electron chi connectivity index (χ1n) is 6.27. The fourth-order valence-corrected chi connectivity index (χ4v) is 2.34. The number of rotatable bonds is 3. The van der Waals surface area contributed by atoms with Gasteiger partial charge in [-0.3, -0.25) is 4.79 Å². The van der Waals surface area contributed by atoms with Gasteiger partial charge in [0.1, 0.15) is 12.6 Å². The van der Waals surface area contributed by atoms with E-state index in [1.165, 1.54) is 0 Å². The second-order valence-electron chi connectivity index (χ2n) is 4.90. The first-order chi connectivity index (χ1) is 7.75. The van der Waals surface area contributed by atoms with E-state index >= 15 is 0 Å². The van der Waals surface area contributed by atoms with Gasteiger partial charge in [-0.2, -0.15) is 0 Å². The van der Waals surface area contributed by atoms with Gasteiger partial charge < -0.3 is 14.8 Å². The van der Waals surface area contributed by atoms with E-state index in [0.29, 0.717) is 12.5 Å². The zero-order chi connectivity index (χ0) is 11.4. The van der Waals surface area contributed by atoms with Crippen molar-refractivity contribution < 1.29 is 14.3 Å². The first kappa shape index (κ1) is 11.9. The van der Waals surface area contributed by atoms with Crippen molar-refractivity contribution in [2.45, 2.75) is 44.8 Å². The zero-order valence-electron chi connectivity index (χ0n) is 9.91. The minimum absolute atomic E-state index is 0.106. The Morgan fingerprint density at radius 1 is 1.50 bits per heavy atom. The molecule has 3 unspecified atom stereocenters. The van der Waals surface area contributed by atoms with Crippen molar-refractivity contribution in [2.75, 3.05) is 19.8 Å². The Morgan fingerprint density at radius 2 is 2.38 bits per heavy atom. The highest BCUT2D eigenvalue weighted by atomic mass is 16.6. The van der Waals surface area contributed by atoms with Crippen LogP contribution in [0.4, 0.5) is 0 Å². The maximum Gasteiger partial charge on any atom is 0.323 e. The van der Waals surface area contributed by atoms with Gasteiger partial charge in [0, 0.05) is 6.61 Å². The molecule has 2 fully saturated rings. The van der Waals surface area contributed by atoms with Crippen LogP contribution in [-0.2, 0) is 14.3 Å². The number of carbonyl (C=O) groups is 1. The number of hydrogen-bond donors (Lipinski definition) is 1. The summed E-state index contributed by atoms with van der Waals surface area (Å²) in [6, 6.07) is -0.106. The van der Waals surface area contributed by atoms with Crippen molar-refractivity contribution in [3.05, 3.63) is 0 Å². The van der Waals surface area contributed by atoms with Crippen molar-refractivity contribution in [3.8, 4) is 0 Å². The number of esters is 1. The lowest BCUT2D eigenvalue weighted by atomic mass is 9.94. The van der Waals surface area contributed by atoms with Crippen LogP contribution in [0, 0.1) is 5.92 Å². The Kier molecular flexibility index (Phi) is 4.18. The van der Waals surface area contributed by atoms with Gasteiger partial charge >= 0.3 is 5.97 Å². The Balaban J connectivity index is 1.70. The van der Waals surface area contributed by atoms with Gasteiger partial charge in [-0.25, -0.2) is 0 Å². The van der Waals surface area contributed by atoms with E-state index in [1.807, 2.05) is 0 Å². The molecule has 0 aromatic heterocycles. The summed E-state index contributed by atoms with van der Waals surface area (Å²) in [6.07, 6.45) is 4.27. The van der Waals surface area contributed by atoms with Crippen LogP contribution in [-0.4, -0.2) is 37.9 Å². The highest BCUT2D eigenvalue weighted by molar-refractivity contribution is 5.75. The SMILES string of the molecule is CC1CCNC(C(=O)OCC2CCCO2)C1. The van der Waals surface area contributed by atoms with Crippen LogP contribution in [0.1, 0.15) is 32.6 Å². The molecule has 0 amide bonds. The van der Waals surface area contributed by atoms with Crippen LogP contribution >= 0.6 is 0 Å². The lowest BCUT2D eigenvalue weighted by Gasteiger charge is -2.26. The molecule has 92 valence electrons. The van der Waals surface area contributed by atoms with Gasteiger partial charge in [0.2, 0.25) is 0 Å². The van der Waals surface area contributed by atoms with Crippen molar-refractivity contribution in [2.24, 2.45) is 5.92 Å². The molecule has 2 heterocycles. The standard InChI is InChI=1S/C12H21NO3/c1-9-4-5-13-11(7-9)12(14)16-8-10-3-2-6-15-10/h9-11,13H,2-8H2,1H3. The van der Waals surface area contributed by atoms with Crippen LogP contribution in [0.15, 0.2) is 0 Å². The smallest absolute Gasteiger partial charge is 0.323 e. The monoisotopic (exact) mass is 227 g/mol. The number of carbonyl (C=O) groups excluding carboxylic acids is 1. The molecule has 2 rings (SSSR count). The Labute approximate surface area is 96.7 Å². The summed E-state index contributed by atoms with van der Waals surface area (Å²) in [5, 5.41) is 3.21. The van der Waals surface area contributed by atoms with Crippen LogP contribution in [0.2, 0.25) is 0 Å². The average Bonchev–Trinajstić information content (AvgIpc) is 2.78. The van der Waals surface area contributed by atoms with E-state index in [9.17, 15) is 4.79 Å². The second kappa shape index (κ2) is 5.64. The molecule has 2 aliphatic rings. The van der Waals surface area contributed by atoms with E-state index in [2.05, 4.69) is 12.2 Å². The van der Waals surface area contributed by atoms with Gasteiger partial charge in [0.15, 0.2) is 0 Å². The first-order valence-corrected chi connectivity index (χ1v) is 6.27. The molecule has 0 saturated carbocycles. The minimum atomic E-state index is -0.109. The molecule has 3 atom stereocenters. The molecule has 4 nitrogen and oxygen atoms in total. The molecule has 0 aromatic carbocycles. The van der Waals surface area contributed by atoms with Gasteiger partial charge in [-0.05, 0) is 38.1 Å². The maximum atomic E-state index is 11.8. The van der Waals surface area contributed by atoms with Gasteiger partial charge in [-0.15, -0.1) is 0 Å². The van der Waals surface area contributed by atoms with E-state index < -0.39 is 0 Å². The highest BCUT2D eigenvalue weighted by Crippen LogP contribution is 2.17. The molecule has 0 aliphatic carbocycles. The topological polar surface area (TPSA) is 47.6 Å². The quantitative estimate of drug-likeness (QED) is 0.733. The maximum absolute atomic E-state index is 11.8. The molecular formula is C12H21NO3. The predicted octanol–water partition coefficient (Wildman–Crippen LogP) is 1.10. The van der Waals surface area contributed by atoms with Gasteiger partial charge in [0.25, 0.3) is 0 Å². The summed E-state index contributed by atoms with van der Waals surface area (Å²) < 4.78 is 10.7. The van der Waals surface area contributed by atoms with E-state index in [1.54, 1.807) is 0 Å². The predicted molar refractivity (Wildman–Crippen MR) is 60.1 cm³/mol. The third-order valence-electron chi connectivity index (χ3n) is 3.39. The summed E-state index contributed by atoms with van der Waals surface area (Å²) in [6.45, 7) is 4.33. The number of ether oxygens (including phenoxy) is 2. The molecule has 0 radical (unpaired) electrons. The van der Waals surface area contributed by atoms with Crippen molar-refractivity contribution >= 4 is 5.97 Å². The fourth-order valence-electron chi connectivity index (χ4n) is 2.34. The molecule has 0 spiro atoms. The molecule has 0 bridgehead atoms. The molecule has 1 N–H and O–H groups in total. The largest absolute Gasteiger partial charge is 0.462 e. The molecule has 2 aliphatic heterocycles. The van der Waals surface area contributed by atoms with Gasteiger partial charge in [0.05, 0.1) is 6.10 Å². The Morgan fingerprint density at radius 3 is 3.06 bits per heavy atom. The van der Waals surface area contributed by atoms with Crippen molar-refractivity contribution in [1.29, 1.82) is 0 Å². The molecule has 16 heavy (non-hydrogen) atoms. The summed E-state index contributed by atoms with van der Waals surface area (Å²) in [5.41, 5.74) is 0. The lowest BCUT2D eigenvalue weighted by Crippen LogP contribution is -2.44. The van der Waals surface area contributed by atoms with E-state index in [0.717, 1.165) is 38.8 Å². The van der Waals surface area contributed by atoms with E-state index in [-0.39, 0.29) is 18.1 Å². The molecule has 4 heteroatoms. The van der Waals surface area contributed by atoms with Crippen molar-refractivity contribution in [3.63, 3.8) is 0 Å². The van der Waals surface area contributed by atoms with Crippen LogP contribution in [0.3, 0.4) is 0 Å². The minimum Gasteiger partial charge on any atom is -0.462 e. The van der Waals surface area contributed by atoms with Crippen molar-refractivity contribution in [1.82, 2.24) is 5.32 Å². The second-order valence-corrected chi connectivity index (χ2v) is 4.90. The number of nitrogens with one attached hydrogen (secondary N) is 1. The van der Waals surface area contributed by atoms with E-state index in [4.69, 9.17) is 9.47 Å². The summed E-state index contributed by atoms with van der Waals surface area (Å²) in [5.74, 6) is 0.503. The molecule has 0 aromatic rings. The number of hydrogen-bond acceptors (Lipinski definition) is 4. The summed E-state index contributed by atoms with van der Waals surface area (Å²) in [4.78, 5) is 11.8. The Hall–Kier alpha value is -0.610. The lowest BCUT2D eigenvalue weighted by molar-refractivity contribution is -0.150. The van der Waals surface area contributed by atoms with Crippen LogP contribution in [0.5, 0.6) is 0 Å². The summed E-state index contributed by atoms with van der Waals surface area (Å²) >= 11 is 0. The zero-order valence-corrected chi connectivity index (χ0v) is 9.91. The summed E-state index contributed by atoms with van der Waals surface area (Å²) in [7, 11) is 0.